The lowest BCUT2D eigenvalue weighted by molar-refractivity contribution is -0.118. The maximum absolute atomic E-state index is 11.9. The predicted molar refractivity (Wildman–Crippen MR) is 83.1 cm³/mol. The average Bonchev–Trinajstić information content (AvgIpc) is 2.55. The third-order valence-corrected chi connectivity index (χ3v) is 3.03. The Morgan fingerprint density at radius 1 is 1.09 bits per heavy atom. The summed E-state index contributed by atoms with van der Waals surface area (Å²) in [4.78, 5) is 23.3. The number of methoxy groups -OCH3 is 1. The van der Waals surface area contributed by atoms with Gasteiger partial charge in [0.05, 0.1) is 12.7 Å². The number of amides is 1. The number of anilines is 1. The van der Waals surface area contributed by atoms with E-state index in [1.165, 1.54) is 7.11 Å². The van der Waals surface area contributed by atoms with Crippen molar-refractivity contribution in [2.24, 2.45) is 0 Å². The van der Waals surface area contributed by atoms with Gasteiger partial charge in [-0.2, -0.15) is 0 Å². The molecule has 5 nitrogen and oxygen atoms in total. The number of esters is 1. The van der Waals surface area contributed by atoms with E-state index in [4.69, 9.17) is 4.74 Å². The maximum atomic E-state index is 11.9. The maximum Gasteiger partial charge on any atom is 0.337 e. The minimum absolute atomic E-state index is 0.0811. The molecule has 0 radical (unpaired) electrons. The monoisotopic (exact) mass is 299 g/mol. The molecule has 1 amide bonds. The van der Waals surface area contributed by atoms with Gasteiger partial charge in [0, 0.05) is 5.69 Å². The second-order valence-corrected chi connectivity index (χ2v) is 4.67. The van der Waals surface area contributed by atoms with Crippen molar-refractivity contribution in [2.45, 2.75) is 6.92 Å². The second kappa shape index (κ2) is 7.26. The lowest BCUT2D eigenvalue weighted by atomic mass is 10.1. The molecule has 2 aromatic carbocycles. The summed E-state index contributed by atoms with van der Waals surface area (Å²) in [5.74, 6) is -0.0402. The first-order valence-corrected chi connectivity index (χ1v) is 6.77. The van der Waals surface area contributed by atoms with Gasteiger partial charge in [0.2, 0.25) is 0 Å². The van der Waals surface area contributed by atoms with E-state index >= 15 is 0 Å². The molecule has 0 unspecified atom stereocenters. The van der Waals surface area contributed by atoms with E-state index in [0.717, 1.165) is 5.56 Å². The van der Waals surface area contributed by atoms with Crippen LogP contribution in [0.15, 0.2) is 48.5 Å². The second-order valence-electron chi connectivity index (χ2n) is 4.67. The first-order chi connectivity index (χ1) is 10.6. The van der Waals surface area contributed by atoms with Crippen LogP contribution in [0.5, 0.6) is 5.75 Å². The van der Waals surface area contributed by atoms with Crippen LogP contribution in [0.25, 0.3) is 0 Å². The molecule has 0 aliphatic rings. The van der Waals surface area contributed by atoms with E-state index in [2.05, 4.69) is 10.1 Å². The van der Waals surface area contributed by atoms with Crippen LogP contribution in [0, 0.1) is 6.92 Å². The number of para-hydroxylation sites is 1. The van der Waals surface area contributed by atoms with Gasteiger partial charge >= 0.3 is 5.97 Å². The van der Waals surface area contributed by atoms with Gasteiger partial charge in [-0.25, -0.2) is 4.79 Å². The Labute approximate surface area is 128 Å². The Morgan fingerprint density at radius 2 is 1.82 bits per heavy atom. The number of ether oxygens (including phenoxy) is 2. The quantitative estimate of drug-likeness (QED) is 0.862. The summed E-state index contributed by atoms with van der Waals surface area (Å²) in [7, 11) is 1.33. The van der Waals surface area contributed by atoms with Gasteiger partial charge in [0.1, 0.15) is 5.75 Å². The molecule has 2 rings (SSSR count). The van der Waals surface area contributed by atoms with E-state index in [9.17, 15) is 9.59 Å². The Bertz CT molecular complexity index is 668. The van der Waals surface area contributed by atoms with Crippen LogP contribution >= 0.6 is 0 Å². The van der Waals surface area contributed by atoms with Crippen molar-refractivity contribution in [1.29, 1.82) is 0 Å². The van der Waals surface area contributed by atoms with Gasteiger partial charge in [0.15, 0.2) is 6.61 Å². The van der Waals surface area contributed by atoms with Crippen molar-refractivity contribution in [2.75, 3.05) is 19.0 Å². The zero-order chi connectivity index (χ0) is 15.9. The van der Waals surface area contributed by atoms with Crippen LogP contribution in [0.3, 0.4) is 0 Å². The van der Waals surface area contributed by atoms with Crippen molar-refractivity contribution in [1.82, 2.24) is 0 Å². The van der Waals surface area contributed by atoms with Gasteiger partial charge < -0.3 is 14.8 Å². The largest absolute Gasteiger partial charge is 0.484 e. The highest BCUT2D eigenvalue weighted by molar-refractivity contribution is 5.94. The molecule has 22 heavy (non-hydrogen) atoms. The fourth-order valence-corrected chi connectivity index (χ4v) is 1.90. The van der Waals surface area contributed by atoms with Gasteiger partial charge in [-0.05, 0) is 42.8 Å². The fourth-order valence-electron chi connectivity index (χ4n) is 1.90. The summed E-state index contributed by atoms with van der Waals surface area (Å²) in [6.45, 7) is 1.72. The van der Waals surface area contributed by atoms with Crippen LogP contribution in [0.1, 0.15) is 15.9 Å². The third-order valence-electron chi connectivity index (χ3n) is 3.03. The third kappa shape index (κ3) is 4.09. The van der Waals surface area contributed by atoms with Crippen molar-refractivity contribution < 1.29 is 19.1 Å². The summed E-state index contributed by atoms with van der Waals surface area (Å²) in [5.41, 5.74) is 1.85. The Morgan fingerprint density at radius 3 is 2.45 bits per heavy atom. The normalized spacial score (nSPS) is 9.91. The molecule has 0 fully saturated rings. The van der Waals surface area contributed by atoms with E-state index in [1.807, 2.05) is 18.2 Å². The standard InChI is InChI=1S/C17H17NO4/c1-12-10-13(17(20)21-2)8-9-15(12)18-16(19)11-22-14-6-4-3-5-7-14/h3-10H,11H2,1-2H3,(H,18,19). The van der Waals surface area contributed by atoms with Gasteiger partial charge in [-0.3, -0.25) is 4.79 Å². The van der Waals surface area contributed by atoms with Gasteiger partial charge in [-0.1, -0.05) is 18.2 Å². The average molecular weight is 299 g/mol. The van der Waals surface area contributed by atoms with E-state index in [1.54, 1.807) is 37.3 Å². The lowest BCUT2D eigenvalue weighted by Crippen LogP contribution is -2.20. The molecule has 1 N–H and O–H groups in total. The molecule has 0 aromatic heterocycles. The molecule has 0 spiro atoms. The molecule has 0 aliphatic carbocycles. The molecule has 0 saturated carbocycles. The van der Waals surface area contributed by atoms with Crippen molar-refractivity contribution >= 4 is 17.6 Å². The molecule has 0 heterocycles. The number of benzene rings is 2. The van der Waals surface area contributed by atoms with E-state index in [0.29, 0.717) is 17.0 Å². The number of rotatable bonds is 5. The molecule has 0 aliphatic heterocycles. The van der Waals surface area contributed by atoms with Crippen LogP contribution < -0.4 is 10.1 Å². The molecule has 0 atom stereocenters. The molecule has 0 saturated heterocycles. The Kier molecular flexibility index (Phi) is 5.14. The van der Waals surface area contributed by atoms with Gasteiger partial charge in [-0.15, -0.1) is 0 Å². The van der Waals surface area contributed by atoms with Crippen LogP contribution in [-0.4, -0.2) is 25.6 Å². The highest BCUT2D eigenvalue weighted by Crippen LogP contribution is 2.17. The van der Waals surface area contributed by atoms with E-state index < -0.39 is 5.97 Å². The zero-order valence-corrected chi connectivity index (χ0v) is 12.5. The highest BCUT2D eigenvalue weighted by atomic mass is 16.5. The van der Waals surface area contributed by atoms with Crippen LogP contribution in [0.2, 0.25) is 0 Å². The number of nitrogens with one attached hydrogen (secondary N) is 1. The summed E-state index contributed by atoms with van der Waals surface area (Å²) < 4.78 is 10.0. The number of carbonyl (C=O) groups excluding carboxylic acids is 2. The minimum atomic E-state index is -0.409. The van der Waals surface area contributed by atoms with Crippen LogP contribution in [-0.2, 0) is 9.53 Å². The van der Waals surface area contributed by atoms with E-state index in [-0.39, 0.29) is 12.5 Å². The minimum Gasteiger partial charge on any atom is -0.484 e. The molecular formula is C17H17NO4. The number of aryl methyl sites for hydroxylation is 1. The summed E-state index contributed by atoms with van der Waals surface area (Å²) in [5, 5.41) is 2.75. The molecule has 2 aromatic rings. The number of hydrogen-bond acceptors (Lipinski definition) is 4. The smallest absolute Gasteiger partial charge is 0.337 e. The molecule has 5 heteroatoms. The van der Waals surface area contributed by atoms with Crippen molar-refractivity contribution in [3.8, 4) is 5.75 Å². The fraction of sp³-hybridized carbons (Fsp3) is 0.176. The SMILES string of the molecule is COC(=O)c1ccc(NC(=O)COc2ccccc2)c(C)c1. The molecule has 114 valence electrons. The Hall–Kier alpha value is -2.82. The van der Waals surface area contributed by atoms with Crippen molar-refractivity contribution in [3.63, 3.8) is 0 Å². The summed E-state index contributed by atoms with van der Waals surface area (Å²) in [6, 6.07) is 14.0. The summed E-state index contributed by atoms with van der Waals surface area (Å²) in [6.07, 6.45) is 0. The summed E-state index contributed by atoms with van der Waals surface area (Å²) >= 11 is 0. The number of hydrogen-bond donors (Lipinski definition) is 1. The Balaban J connectivity index is 1.95. The predicted octanol–water partition coefficient (Wildman–Crippen LogP) is 2.80. The first kappa shape index (κ1) is 15.6. The first-order valence-electron chi connectivity index (χ1n) is 6.77. The lowest BCUT2D eigenvalue weighted by Gasteiger charge is -2.10. The molecule has 0 bridgehead atoms. The van der Waals surface area contributed by atoms with Gasteiger partial charge in [0.25, 0.3) is 5.91 Å². The molecular weight excluding hydrogens is 282 g/mol. The highest BCUT2D eigenvalue weighted by Gasteiger charge is 2.10. The topological polar surface area (TPSA) is 64.6 Å². The van der Waals surface area contributed by atoms with Crippen molar-refractivity contribution in [3.05, 3.63) is 59.7 Å². The zero-order valence-electron chi connectivity index (χ0n) is 12.5. The van der Waals surface area contributed by atoms with Crippen LogP contribution in [0.4, 0.5) is 5.69 Å². The number of carbonyl (C=O) groups is 2.